The number of carbonyl (C=O) groups excluding carboxylic acids is 1. The van der Waals surface area contributed by atoms with Gasteiger partial charge >= 0.3 is 5.97 Å². The van der Waals surface area contributed by atoms with Crippen molar-refractivity contribution in [2.75, 3.05) is 6.61 Å². The number of fused-ring (bicyclic) bond motifs is 1. The Kier molecular flexibility index (Phi) is 9.16. The maximum absolute atomic E-state index is 14.2. The van der Waals surface area contributed by atoms with E-state index in [4.69, 9.17) is 24.7 Å². The molecule has 1 atom stereocenters. The summed E-state index contributed by atoms with van der Waals surface area (Å²) in [6.07, 6.45) is 0. The van der Waals surface area contributed by atoms with Gasteiger partial charge in [0.15, 0.2) is 11.5 Å². The molecule has 7 nitrogen and oxygen atoms in total. The minimum atomic E-state index is -0.645. The average molecular weight is 627 g/mol. The largest absolute Gasteiger partial charge is 0.490 e. The molecule has 2 N–H and O–H groups in total. The van der Waals surface area contributed by atoms with Crippen LogP contribution in [0.1, 0.15) is 46.6 Å². The van der Waals surface area contributed by atoms with Gasteiger partial charge in [0.1, 0.15) is 41.5 Å². The van der Waals surface area contributed by atoms with Crippen LogP contribution in [0.15, 0.2) is 133 Å². The van der Waals surface area contributed by atoms with Gasteiger partial charge in [-0.3, -0.25) is 4.79 Å². The van der Waals surface area contributed by atoms with Crippen LogP contribution in [-0.4, -0.2) is 12.6 Å². The predicted molar refractivity (Wildman–Crippen MR) is 174 cm³/mol. The van der Waals surface area contributed by atoms with E-state index in [9.17, 15) is 14.4 Å². The van der Waals surface area contributed by atoms with E-state index in [1.807, 2.05) is 73.7 Å². The summed E-state index contributed by atoms with van der Waals surface area (Å²) in [6.45, 7) is 2.21. The number of ether oxygens (including phenoxy) is 4. The summed E-state index contributed by atoms with van der Waals surface area (Å²) in [6, 6.07) is 37.8. The van der Waals surface area contributed by atoms with Crippen LogP contribution in [0.5, 0.6) is 23.0 Å². The molecular formula is C39H31FN2O5. The van der Waals surface area contributed by atoms with E-state index in [1.165, 1.54) is 6.07 Å². The van der Waals surface area contributed by atoms with Crippen LogP contribution in [0.2, 0.25) is 0 Å². The highest BCUT2D eigenvalue weighted by atomic mass is 19.1. The predicted octanol–water partition coefficient (Wildman–Crippen LogP) is 7.76. The molecule has 1 aliphatic rings. The number of hydrogen-bond donors (Lipinski definition) is 1. The van der Waals surface area contributed by atoms with E-state index in [-0.39, 0.29) is 29.6 Å². The highest BCUT2D eigenvalue weighted by Crippen LogP contribution is 2.45. The van der Waals surface area contributed by atoms with Crippen molar-refractivity contribution in [2.24, 2.45) is 5.73 Å². The molecule has 0 fully saturated rings. The Balaban J connectivity index is 1.30. The summed E-state index contributed by atoms with van der Waals surface area (Å²) in [5, 5.41) is 10.1. The first kappa shape index (κ1) is 30.9. The first-order valence-electron chi connectivity index (χ1n) is 15.1. The van der Waals surface area contributed by atoms with Crippen molar-refractivity contribution in [1.29, 1.82) is 5.26 Å². The van der Waals surface area contributed by atoms with Crippen molar-refractivity contribution >= 4 is 5.97 Å². The molecule has 1 aliphatic heterocycles. The fourth-order valence-corrected chi connectivity index (χ4v) is 5.64. The number of halogens is 1. The molecule has 8 heteroatoms. The molecule has 1 heterocycles. The standard InChI is InChI=1S/C39H31FN2O5/c1-2-44-35-21-27(17-20-33(35)45-24-28-15-9-10-16-32(28)40)37-30-19-18-29(22-34(30)47-38(42)31(37)23-41)46-39(43)36(25-11-5-3-6-12-25)26-13-7-4-8-14-26/h3-22,36-37H,2,24,42H2,1H3. The zero-order chi connectivity index (χ0) is 32.8. The van der Waals surface area contributed by atoms with Crippen LogP contribution in [0.25, 0.3) is 0 Å². The highest BCUT2D eigenvalue weighted by Gasteiger charge is 2.32. The van der Waals surface area contributed by atoms with E-state index in [2.05, 4.69) is 6.07 Å². The van der Waals surface area contributed by atoms with Crippen LogP contribution >= 0.6 is 0 Å². The normalized spacial score (nSPS) is 13.7. The minimum Gasteiger partial charge on any atom is -0.490 e. The number of rotatable bonds is 10. The average Bonchev–Trinajstić information content (AvgIpc) is 3.09. The van der Waals surface area contributed by atoms with E-state index in [0.29, 0.717) is 40.5 Å². The second kappa shape index (κ2) is 13.9. The Morgan fingerprint density at radius 1 is 0.872 bits per heavy atom. The molecule has 0 spiro atoms. The molecule has 0 saturated heterocycles. The van der Waals surface area contributed by atoms with Crippen molar-refractivity contribution in [3.8, 4) is 29.1 Å². The summed E-state index contributed by atoms with van der Waals surface area (Å²) >= 11 is 0. The molecule has 0 aromatic heterocycles. The lowest BCUT2D eigenvalue weighted by atomic mass is 9.83. The van der Waals surface area contributed by atoms with Crippen molar-refractivity contribution in [3.05, 3.63) is 166 Å². The van der Waals surface area contributed by atoms with Crippen molar-refractivity contribution in [2.45, 2.75) is 25.4 Å². The molecule has 47 heavy (non-hydrogen) atoms. The van der Waals surface area contributed by atoms with Gasteiger partial charge in [-0.05, 0) is 47.9 Å². The summed E-state index contributed by atoms with van der Waals surface area (Å²) < 4.78 is 37.8. The van der Waals surface area contributed by atoms with Gasteiger partial charge in [-0.2, -0.15) is 5.26 Å². The number of benzene rings is 5. The van der Waals surface area contributed by atoms with Gasteiger partial charge in [0, 0.05) is 17.2 Å². The molecule has 0 amide bonds. The number of carbonyl (C=O) groups is 1. The Labute approximate surface area is 272 Å². The molecule has 6 rings (SSSR count). The second-order valence-corrected chi connectivity index (χ2v) is 10.8. The van der Waals surface area contributed by atoms with E-state index >= 15 is 0 Å². The second-order valence-electron chi connectivity index (χ2n) is 10.8. The molecule has 5 aromatic rings. The molecule has 0 aliphatic carbocycles. The summed E-state index contributed by atoms with van der Waals surface area (Å²) in [4.78, 5) is 13.6. The topological polar surface area (TPSA) is 104 Å². The third-order valence-electron chi connectivity index (χ3n) is 7.85. The van der Waals surface area contributed by atoms with Gasteiger partial charge in [-0.25, -0.2) is 4.39 Å². The minimum absolute atomic E-state index is 0.0133. The molecule has 0 saturated carbocycles. The third kappa shape index (κ3) is 6.65. The smallest absolute Gasteiger partial charge is 0.323 e. The first-order valence-corrected chi connectivity index (χ1v) is 15.1. The van der Waals surface area contributed by atoms with Gasteiger partial charge in [0.05, 0.1) is 12.5 Å². The lowest BCUT2D eigenvalue weighted by molar-refractivity contribution is -0.135. The molecule has 234 valence electrons. The monoisotopic (exact) mass is 626 g/mol. The molecule has 5 aromatic carbocycles. The van der Waals surface area contributed by atoms with Crippen LogP contribution in [0.3, 0.4) is 0 Å². The van der Waals surface area contributed by atoms with Gasteiger partial charge in [0.2, 0.25) is 5.88 Å². The lowest BCUT2D eigenvalue weighted by Crippen LogP contribution is -2.22. The number of esters is 1. The number of allylic oxidation sites excluding steroid dienone is 1. The Hall–Kier alpha value is -6.07. The van der Waals surface area contributed by atoms with Crippen LogP contribution in [0.4, 0.5) is 4.39 Å². The first-order chi connectivity index (χ1) is 23.0. The zero-order valence-corrected chi connectivity index (χ0v) is 25.6. The molecule has 0 radical (unpaired) electrons. The van der Waals surface area contributed by atoms with E-state index in [1.54, 1.807) is 48.5 Å². The van der Waals surface area contributed by atoms with Crippen molar-refractivity contribution in [1.82, 2.24) is 0 Å². The number of nitriles is 1. The van der Waals surface area contributed by atoms with Gasteiger partial charge in [-0.1, -0.05) is 91.0 Å². The number of nitrogens with two attached hydrogens (primary N) is 1. The SMILES string of the molecule is CCOc1cc(C2C(C#N)=C(N)Oc3cc(OC(=O)C(c4ccccc4)c4ccccc4)ccc32)ccc1OCc1ccccc1F. The summed E-state index contributed by atoms with van der Waals surface area (Å²) in [5.74, 6) is -0.640. The number of nitrogens with zero attached hydrogens (tertiary/aromatic N) is 1. The van der Waals surface area contributed by atoms with Crippen LogP contribution < -0.4 is 24.7 Å². The van der Waals surface area contributed by atoms with Gasteiger partial charge < -0.3 is 24.7 Å². The van der Waals surface area contributed by atoms with Crippen molar-refractivity contribution in [3.63, 3.8) is 0 Å². The summed E-state index contributed by atoms with van der Waals surface area (Å²) in [5.41, 5.74) is 9.86. The van der Waals surface area contributed by atoms with Crippen LogP contribution in [-0.2, 0) is 11.4 Å². The summed E-state index contributed by atoms with van der Waals surface area (Å²) in [7, 11) is 0. The van der Waals surface area contributed by atoms with Crippen LogP contribution in [0, 0.1) is 17.1 Å². The lowest BCUT2D eigenvalue weighted by Gasteiger charge is -2.27. The van der Waals surface area contributed by atoms with Gasteiger partial charge in [0.25, 0.3) is 0 Å². The quantitative estimate of drug-likeness (QED) is 0.125. The molecule has 1 unspecified atom stereocenters. The maximum atomic E-state index is 14.2. The maximum Gasteiger partial charge on any atom is 0.323 e. The van der Waals surface area contributed by atoms with E-state index in [0.717, 1.165) is 11.1 Å². The van der Waals surface area contributed by atoms with E-state index < -0.39 is 17.8 Å². The van der Waals surface area contributed by atoms with Crippen molar-refractivity contribution < 1.29 is 28.1 Å². The molecule has 0 bridgehead atoms. The zero-order valence-electron chi connectivity index (χ0n) is 25.6. The number of hydrogen-bond acceptors (Lipinski definition) is 7. The molecular weight excluding hydrogens is 595 g/mol. The Morgan fingerprint density at radius 3 is 2.21 bits per heavy atom. The fraction of sp³-hybridized carbons (Fsp3) is 0.128. The Bertz CT molecular complexity index is 1930. The fourth-order valence-electron chi connectivity index (χ4n) is 5.64. The third-order valence-corrected chi connectivity index (χ3v) is 7.85. The van der Waals surface area contributed by atoms with Gasteiger partial charge in [-0.15, -0.1) is 0 Å². The Morgan fingerprint density at radius 2 is 1.55 bits per heavy atom. The highest BCUT2D eigenvalue weighted by molar-refractivity contribution is 5.84.